The van der Waals surface area contributed by atoms with Crippen molar-refractivity contribution in [1.29, 1.82) is 0 Å². The van der Waals surface area contributed by atoms with Crippen LogP contribution in [-0.2, 0) is 9.98 Å². The summed E-state index contributed by atoms with van der Waals surface area (Å²) in [6.07, 6.45) is 0. The molecule has 0 saturated carbocycles. The van der Waals surface area contributed by atoms with E-state index in [-0.39, 0.29) is 5.41 Å². The van der Waals surface area contributed by atoms with Crippen LogP contribution in [0.2, 0.25) is 0 Å². The van der Waals surface area contributed by atoms with Crippen molar-refractivity contribution in [3.8, 4) is 11.5 Å². The summed E-state index contributed by atoms with van der Waals surface area (Å²) in [4.78, 5) is 0. The summed E-state index contributed by atoms with van der Waals surface area (Å²) in [6.45, 7) is 6.53. The Labute approximate surface area is 167 Å². The van der Waals surface area contributed by atoms with E-state index in [0.29, 0.717) is 0 Å². The van der Waals surface area contributed by atoms with Gasteiger partial charge in [-0.2, -0.15) is 0 Å². The second kappa shape index (κ2) is 7.85. The summed E-state index contributed by atoms with van der Waals surface area (Å²) in [5.41, 5.74) is 1.26. The van der Waals surface area contributed by atoms with Crippen molar-refractivity contribution in [2.24, 2.45) is 0 Å². The van der Waals surface area contributed by atoms with Crippen LogP contribution in [0.1, 0.15) is 26.3 Å². The Morgan fingerprint density at radius 2 is 0.929 bits per heavy atom. The van der Waals surface area contributed by atoms with Gasteiger partial charge in [-0.05, 0) is 59.5 Å². The molecule has 0 N–H and O–H groups in total. The van der Waals surface area contributed by atoms with Crippen LogP contribution in [0.5, 0.6) is 11.5 Å². The molecule has 0 fully saturated rings. The topological polar surface area (TPSA) is 35.5 Å². The summed E-state index contributed by atoms with van der Waals surface area (Å²) >= 11 is 0. The minimum atomic E-state index is -3.02. The van der Waals surface area contributed by atoms with Crippen LogP contribution in [0.3, 0.4) is 0 Å². The molecule has 0 atom stereocenters. The molecular weight excluding hydrogens is 367 g/mol. The van der Waals surface area contributed by atoms with Crippen LogP contribution in [-0.4, -0.2) is 14.2 Å². The average Bonchev–Trinajstić information content (AvgIpc) is 2.73. The highest BCUT2D eigenvalue weighted by Gasteiger charge is 2.30. The fourth-order valence-corrected chi connectivity index (χ4v) is 5.80. The van der Waals surface area contributed by atoms with E-state index in [0.717, 1.165) is 27.4 Å². The normalized spacial score (nSPS) is 11.9. The molecule has 3 nitrogen and oxygen atoms in total. The Bertz CT molecular complexity index is 915. The van der Waals surface area contributed by atoms with Crippen molar-refractivity contribution in [2.75, 3.05) is 14.2 Å². The van der Waals surface area contributed by atoms with E-state index >= 15 is 0 Å². The molecular formula is C24H27O3P. The van der Waals surface area contributed by atoms with Crippen molar-refractivity contribution in [3.05, 3.63) is 78.4 Å². The summed E-state index contributed by atoms with van der Waals surface area (Å²) in [5.74, 6) is 1.49. The van der Waals surface area contributed by atoms with Gasteiger partial charge in [-0.15, -0.1) is 0 Å². The molecule has 28 heavy (non-hydrogen) atoms. The van der Waals surface area contributed by atoms with Crippen molar-refractivity contribution in [2.45, 2.75) is 26.2 Å². The average molecular weight is 394 g/mol. The van der Waals surface area contributed by atoms with Gasteiger partial charge in [0.05, 0.1) is 14.2 Å². The smallest absolute Gasteiger partial charge is 0.171 e. The third kappa shape index (κ3) is 3.86. The van der Waals surface area contributed by atoms with Gasteiger partial charge in [-0.25, -0.2) is 0 Å². The lowest BCUT2D eigenvalue weighted by atomic mass is 9.87. The molecule has 0 spiro atoms. The van der Waals surface area contributed by atoms with Crippen LogP contribution in [0.4, 0.5) is 0 Å². The number of hydrogen-bond acceptors (Lipinski definition) is 3. The summed E-state index contributed by atoms with van der Waals surface area (Å²) in [6, 6.07) is 23.1. The maximum atomic E-state index is 14.5. The highest BCUT2D eigenvalue weighted by Crippen LogP contribution is 2.43. The first-order chi connectivity index (χ1) is 13.3. The minimum Gasteiger partial charge on any atom is -0.497 e. The standard InChI is InChI=1S/C24H27O3P/c1-24(2,3)18-6-12-21(13-7-18)28(25,22-14-8-19(26-4)9-15-22)23-16-10-20(27-5)11-17-23/h6-17H,1-5H3. The molecule has 0 saturated heterocycles. The highest BCUT2D eigenvalue weighted by atomic mass is 31.2. The summed E-state index contributed by atoms with van der Waals surface area (Å²) < 4.78 is 25.0. The Hall–Kier alpha value is -2.51. The number of benzene rings is 3. The van der Waals surface area contributed by atoms with Crippen LogP contribution < -0.4 is 25.4 Å². The van der Waals surface area contributed by atoms with Gasteiger partial charge in [0.1, 0.15) is 11.5 Å². The molecule has 146 valence electrons. The molecule has 3 aromatic rings. The molecule has 3 aromatic carbocycles. The number of rotatable bonds is 5. The largest absolute Gasteiger partial charge is 0.497 e. The molecule has 0 aliphatic heterocycles. The molecule has 0 amide bonds. The van der Waals surface area contributed by atoms with E-state index in [1.807, 2.05) is 60.7 Å². The molecule has 0 aliphatic rings. The first kappa shape index (κ1) is 20.2. The maximum absolute atomic E-state index is 14.5. The first-order valence-corrected chi connectivity index (χ1v) is 11.0. The van der Waals surface area contributed by atoms with Crippen molar-refractivity contribution >= 4 is 23.1 Å². The summed E-state index contributed by atoms with van der Waals surface area (Å²) in [5, 5.41) is 2.37. The van der Waals surface area contributed by atoms with E-state index in [2.05, 4.69) is 32.9 Å². The van der Waals surface area contributed by atoms with Crippen molar-refractivity contribution < 1.29 is 14.0 Å². The van der Waals surface area contributed by atoms with Crippen LogP contribution in [0.15, 0.2) is 72.8 Å². The van der Waals surface area contributed by atoms with Gasteiger partial charge < -0.3 is 14.0 Å². The quantitative estimate of drug-likeness (QED) is 0.592. The van der Waals surface area contributed by atoms with Gasteiger partial charge in [-0.1, -0.05) is 45.0 Å². The number of hydrogen-bond donors (Lipinski definition) is 0. The third-order valence-corrected chi connectivity index (χ3v) is 8.05. The van der Waals surface area contributed by atoms with E-state index in [4.69, 9.17) is 9.47 Å². The van der Waals surface area contributed by atoms with E-state index in [1.54, 1.807) is 14.2 Å². The Balaban J connectivity index is 2.16. The van der Waals surface area contributed by atoms with Gasteiger partial charge >= 0.3 is 0 Å². The van der Waals surface area contributed by atoms with Gasteiger partial charge in [0.2, 0.25) is 0 Å². The second-order valence-electron chi connectivity index (χ2n) is 7.80. The Kier molecular flexibility index (Phi) is 5.67. The molecule has 0 radical (unpaired) electrons. The van der Waals surface area contributed by atoms with Gasteiger partial charge in [0.15, 0.2) is 7.14 Å². The summed E-state index contributed by atoms with van der Waals surface area (Å²) in [7, 11) is 0.236. The minimum absolute atomic E-state index is 0.0444. The van der Waals surface area contributed by atoms with E-state index in [1.165, 1.54) is 5.56 Å². The fraction of sp³-hybridized carbons (Fsp3) is 0.250. The van der Waals surface area contributed by atoms with Gasteiger partial charge in [0, 0.05) is 15.9 Å². The first-order valence-electron chi connectivity index (χ1n) is 9.29. The Morgan fingerprint density at radius 1 is 0.607 bits per heavy atom. The number of ether oxygens (including phenoxy) is 2. The van der Waals surface area contributed by atoms with Gasteiger partial charge in [0.25, 0.3) is 0 Å². The van der Waals surface area contributed by atoms with Crippen molar-refractivity contribution in [1.82, 2.24) is 0 Å². The van der Waals surface area contributed by atoms with Gasteiger partial charge in [-0.3, -0.25) is 0 Å². The Morgan fingerprint density at radius 3 is 1.21 bits per heavy atom. The lowest BCUT2D eigenvalue weighted by Gasteiger charge is -2.23. The number of methoxy groups -OCH3 is 2. The SMILES string of the molecule is COc1ccc(P(=O)(c2ccc(OC)cc2)c2ccc(C(C)(C)C)cc2)cc1. The van der Waals surface area contributed by atoms with Crippen molar-refractivity contribution in [3.63, 3.8) is 0 Å². The molecule has 0 aliphatic carbocycles. The van der Waals surface area contributed by atoms with Crippen LogP contribution >= 0.6 is 7.14 Å². The zero-order valence-corrected chi connectivity index (χ0v) is 18.0. The zero-order chi connectivity index (χ0) is 20.4. The van der Waals surface area contributed by atoms with E-state index < -0.39 is 7.14 Å². The zero-order valence-electron chi connectivity index (χ0n) is 17.1. The predicted octanol–water partition coefficient (Wildman–Crippen LogP) is 4.64. The lowest BCUT2D eigenvalue weighted by molar-refractivity contribution is 0.415. The maximum Gasteiger partial charge on any atom is 0.171 e. The monoisotopic (exact) mass is 394 g/mol. The molecule has 4 heteroatoms. The van der Waals surface area contributed by atoms with Crippen LogP contribution in [0.25, 0.3) is 0 Å². The molecule has 3 rings (SSSR count). The second-order valence-corrected chi connectivity index (χ2v) is 10.6. The lowest BCUT2D eigenvalue weighted by Crippen LogP contribution is -2.25. The third-order valence-electron chi connectivity index (χ3n) is 4.97. The molecule has 0 bridgehead atoms. The van der Waals surface area contributed by atoms with E-state index in [9.17, 15) is 4.57 Å². The fourth-order valence-electron chi connectivity index (χ4n) is 3.20. The van der Waals surface area contributed by atoms with Crippen LogP contribution in [0, 0.1) is 0 Å². The molecule has 0 unspecified atom stereocenters. The predicted molar refractivity (Wildman–Crippen MR) is 118 cm³/mol. The molecule has 0 aromatic heterocycles. The highest BCUT2D eigenvalue weighted by molar-refractivity contribution is 7.85. The molecule has 0 heterocycles.